The van der Waals surface area contributed by atoms with Gasteiger partial charge in [0, 0.05) is 18.4 Å². The summed E-state index contributed by atoms with van der Waals surface area (Å²) in [4.78, 5) is 23.9. The number of hydrogen-bond donors (Lipinski definition) is 5. The fourth-order valence-corrected chi connectivity index (χ4v) is 3.11. The second-order valence-electron chi connectivity index (χ2n) is 6.89. The highest BCUT2D eigenvalue weighted by molar-refractivity contribution is 5.92. The topological polar surface area (TPSA) is 152 Å². The van der Waals surface area contributed by atoms with Gasteiger partial charge in [-0.15, -0.1) is 0 Å². The maximum atomic E-state index is 12.7. The number of ether oxygens (including phenoxy) is 2. The lowest BCUT2D eigenvalue weighted by Crippen LogP contribution is -2.33. The fraction of sp³-hybridized carbons (Fsp3) is 0.227. The number of amides is 3. The summed E-state index contributed by atoms with van der Waals surface area (Å²) in [6.07, 6.45) is 3.66. The highest BCUT2D eigenvalue weighted by Crippen LogP contribution is 2.31. The van der Waals surface area contributed by atoms with E-state index in [1.165, 1.54) is 0 Å². The largest absolute Gasteiger partial charge is 0.497 e. The molecular formula is C22H25N5O5. The minimum absolute atomic E-state index is 0.117. The van der Waals surface area contributed by atoms with E-state index in [0.717, 1.165) is 16.7 Å². The number of H-pyrrole nitrogens is 1. The number of carbonyl (C=O) groups excluding carboxylic acids is 2. The number of rotatable bonds is 10. The van der Waals surface area contributed by atoms with E-state index in [1.54, 1.807) is 49.8 Å². The Morgan fingerprint density at radius 2 is 2.06 bits per heavy atom. The number of anilines is 1. The van der Waals surface area contributed by atoms with Gasteiger partial charge in [0.1, 0.15) is 11.5 Å². The summed E-state index contributed by atoms with van der Waals surface area (Å²) in [5, 5.41) is 21.7. The van der Waals surface area contributed by atoms with Crippen molar-refractivity contribution in [1.29, 1.82) is 0 Å². The number of aliphatic hydroxyl groups is 1. The minimum atomic E-state index is -0.643. The summed E-state index contributed by atoms with van der Waals surface area (Å²) < 4.78 is 10.7. The molecule has 0 aliphatic carbocycles. The Morgan fingerprint density at radius 1 is 1.22 bits per heavy atom. The van der Waals surface area contributed by atoms with Gasteiger partial charge >= 0.3 is 6.03 Å². The van der Waals surface area contributed by atoms with Gasteiger partial charge in [0.25, 0.3) is 5.91 Å². The quantitative estimate of drug-likeness (QED) is 0.327. The van der Waals surface area contributed by atoms with Crippen LogP contribution in [0.5, 0.6) is 11.5 Å². The second kappa shape index (κ2) is 10.8. The van der Waals surface area contributed by atoms with E-state index in [4.69, 9.17) is 15.2 Å². The maximum Gasteiger partial charge on any atom is 0.319 e. The van der Waals surface area contributed by atoms with Gasteiger partial charge in [-0.2, -0.15) is 5.10 Å². The van der Waals surface area contributed by atoms with Gasteiger partial charge in [0.2, 0.25) is 0 Å². The van der Waals surface area contributed by atoms with E-state index >= 15 is 0 Å². The van der Waals surface area contributed by atoms with Crippen LogP contribution >= 0.6 is 0 Å². The Kier molecular flexibility index (Phi) is 7.65. The number of methoxy groups -OCH3 is 1. The zero-order valence-electron chi connectivity index (χ0n) is 17.5. The highest BCUT2D eigenvalue weighted by atomic mass is 16.5. The molecule has 3 rings (SSSR count). The van der Waals surface area contributed by atoms with Crippen LogP contribution < -0.4 is 25.8 Å². The van der Waals surface area contributed by atoms with Crippen molar-refractivity contribution in [1.82, 2.24) is 15.5 Å². The number of aliphatic hydroxyl groups excluding tert-OH is 1. The lowest BCUT2D eigenvalue weighted by Gasteiger charge is -2.20. The Hall–Kier alpha value is -4.05. The Labute approximate surface area is 184 Å². The van der Waals surface area contributed by atoms with E-state index in [0.29, 0.717) is 17.9 Å². The van der Waals surface area contributed by atoms with Crippen LogP contribution in [-0.2, 0) is 4.79 Å². The van der Waals surface area contributed by atoms with Crippen LogP contribution in [-0.4, -0.2) is 47.6 Å². The molecule has 0 aliphatic heterocycles. The lowest BCUT2D eigenvalue weighted by molar-refractivity contribution is -0.119. The number of hydrogen-bond acceptors (Lipinski definition) is 6. The smallest absolute Gasteiger partial charge is 0.319 e. The second-order valence-corrected chi connectivity index (χ2v) is 6.89. The first kappa shape index (κ1) is 22.6. The molecule has 6 N–H and O–H groups in total. The third kappa shape index (κ3) is 5.99. The average Bonchev–Trinajstić information content (AvgIpc) is 3.33. The molecular weight excluding hydrogens is 414 g/mol. The molecule has 1 aromatic heterocycles. The van der Waals surface area contributed by atoms with Crippen LogP contribution in [0.3, 0.4) is 0 Å². The fourth-order valence-electron chi connectivity index (χ4n) is 3.11. The van der Waals surface area contributed by atoms with Gasteiger partial charge in [0.15, 0.2) is 6.61 Å². The molecule has 0 radical (unpaired) electrons. The summed E-state index contributed by atoms with van der Waals surface area (Å²) in [5.74, 6) is 0.275. The summed E-state index contributed by atoms with van der Waals surface area (Å²) in [6.45, 7) is -0.462. The number of aromatic amines is 1. The zero-order valence-corrected chi connectivity index (χ0v) is 17.5. The average molecular weight is 439 g/mol. The number of aromatic nitrogens is 2. The summed E-state index contributed by atoms with van der Waals surface area (Å²) in [5.41, 5.74) is 7.92. The molecule has 0 spiro atoms. The number of benzene rings is 2. The van der Waals surface area contributed by atoms with Gasteiger partial charge in [-0.3, -0.25) is 9.89 Å². The van der Waals surface area contributed by atoms with E-state index in [9.17, 15) is 14.7 Å². The molecule has 0 aliphatic rings. The Morgan fingerprint density at radius 3 is 2.75 bits per heavy atom. The van der Waals surface area contributed by atoms with Crippen LogP contribution in [0.2, 0.25) is 0 Å². The van der Waals surface area contributed by atoms with E-state index in [2.05, 4.69) is 20.8 Å². The predicted octanol–water partition coefficient (Wildman–Crippen LogP) is 2.19. The first-order valence-electron chi connectivity index (χ1n) is 9.86. The van der Waals surface area contributed by atoms with Crippen molar-refractivity contribution in [2.75, 3.05) is 25.6 Å². The van der Waals surface area contributed by atoms with Gasteiger partial charge in [-0.25, -0.2) is 4.79 Å². The lowest BCUT2D eigenvalue weighted by atomic mass is 10.0. The minimum Gasteiger partial charge on any atom is -0.497 e. The number of nitrogens with zero attached hydrogens (tertiary/aromatic N) is 1. The van der Waals surface area contributed by atoms with Crippen molar-refractivity contribution in [3.8, 4) is 22.6 Å². The van der Waals surface area contributed by atoms with E-state index in [1.807, 2.05) is 12.1 Å². The van der Waals surface area contributed by atoms with Crippen molar-refractivity contribution in [3.05, 3.63) is 60.4 Å². The molecule has 10 nitrogen and oxygen atoms in total. The maximum absolute atomic E-state index is 12.7. The molecule has 1 heterocycles. The van der Waals surface area contributed by atoms with Crippen molar-refractivity contribution in [3.63, 3.8) is 0 Å². The molecule has 2 aromatic carbocycles. The molecule has 0 saturated heterocycles. The molecule has 0 saturated carbocycles. The summed E-state index contributed by atoms with van der Waals surface area (Å²) in [6, 6.07) is 11.4. The van der Waals surface area contributed by atoms with Crippen LogP contribution in [0, 0.1) is 0 Å². The molecule has 1 atom stereocenters. The molecule has 168 valence electrons. The van der Waals surface area contributed by atoms with Crippen LogP contribution in [0.25, 0.3) is 11.1 Å². The van der Waals surface area contributed by atoms with Crippen molar-refractivity contribution < 1.29 is 24.2 Å². The third-order valence-corrected chi connectivity index (χ3v) is 4.65. The summed E-state index contributed by atoms with van der Waals surface area (Å²) >= 11 is 0. The molecule has 0 fully saturated rings. The number of nitrogens with one attached hydrogen (secondary N) is 3. The van der Waals surface area contributed by atoms with E-state index < -0.39 is 18.0 Å². The molecule has 3 amide bonds. The van der Waals surface area contributed by atoms with Crippen LogP contribution in [0.15, 0.2) is 54.9 Å². The molecule has 32 heavy (non-hydrogen) atoms. The van der Waals surface area contributed by atoms with Gasteiger partial charge in [0.05, 0.1) is 25.0 Å². The number of urea groups is 1. The molecule has 10 heteroatoms. The van der Waals surface area contributed by atoms with Gasteiger partial charge in [-0.05, 0) is 41.8 Å². The van der Waals surface area contributed by atoms with Gasteiger partial charge < -0.3 is 30.9 Å². The van der Waals surface area contributed by atoms with Crippen molar-refractivity contribution in [2.24, 2.45) is 5.73 Å². The van der Waals surface area contributed by atoms with Crippen LogP contribution in [0.1, 0.15) is 18.0 Å². The Balaban J connectivity index is 1.79. The predicted molar refractivity (Wildman–Crippen MR) is 118 cm³/mol. The Bertz CT molecular complexity index is 1050. The molecule has 0 bridgehead atoms. The third-order valence-electron chi connectivity index (χ3n) is 4.65. The van der Waals surface area contributed by atoms with Crippen molar-refractivity contribution >= 4 is 17.6 Å². The van der Waals surface area contributed by atoms with Crippen molar-refractivity contribution in [2.45, 2.75) is 12.5 Å². The number of nitrogens with two attached hydrogens (primary N) is 1. The first-order valence-corrected chi connectivity index (χ1v) is 9.86. The highest BCUT2D eigenvalue weighted by Gasteiger charge is 2.17. The monoisotopic (exact) mass is 439 g/mol. The first-order chi connectivity index (χ1) is 15.5. The van der Waals surface area contributed by atoms with Gasteiger partial charge in [-0.1, -0.05) is 18.2 Å². The SMILES string of the molecule is COc1cccc(C(CCO)NC(=O)Nc2ccc(-c3cn[nH]c3)cc2OCC(N)=O)c1. The number of carbonyl (C=O) groups is 2. The standard InChI is InChI=1S/C22H25N5O5/c1-31-17-4-2-3-15(9-17)18(7-8-28)26-22(30)27-19-6-5-14(16-11-24-25-12-16)10-20(19)32-13-21(23)29/h2-6,9-12,18,28H,7-8,13H2,1H3,(H2,23,29)(H,24,25)(H2,26,27,30). The number of primary amides is 1. The zero-order chi connectivity index (χ0) is 22.9. The normalized spacial score (nSPS) is 11.4. The summed E-state index contributed by atoms with van der Waals surface area (Å²) in [7, 11) is 1.56. The van der Waals surface area contributed by atoms with E-state index in [-0.39, 0.29) is 19.0 Å². The molecule has 1 unspecified atom stereocenters. The molecule has 3 aromatic rings. The van der Waals surface area contributed by atoms with Crippen LogP contribution in [0.4, 0.5) is 10.5 Å².